The minimum Gasteiger partial charge on any atom is -0.484 e. The first-order valence-electron chi connectivity index (χ1n) is 5.92. The van der Waals surface area contributed by atoms with Crippen molar-refractivity contribution in [1.29, 1.82) is 0 Å². The Labute approximate surface area is 101 Å². The van der Waals surface area contributed by atoms with Crippen LogP contribution in [0.5, 0.6) is 5.75 Å². The van der Waals surface area contributed by atoms with Gasteiger partial charge < -0.3 is 10.1 Å². The minimum atomic E-state index is -0.0729. The Morgan fingerprint density at radius 1 is 1.29 bits per heavy atom. The van der Waals surface area contributed by atoms with Crippen molar-refractivity contribution in [3.05, 3.63) is 36.0 Å². The lowest BCUT2D eigenvalue weighted by molar-refractivity contribution is 0.0363. The molecule has 0 amide bonds. The zero-order valence-electron chi connectivity index (χ0n) is 10.2. The summed E-state index contributed by atoms with van der Waals surface area (Å²) in [6, 6.07) is 10.1. The Bertz CT molecular complexity index is 561. The van der Waals surface area contributed by atoms with Crippen LogP contribution in [0.1, 0.15) is 12.6 Å². The van der Waals surface area contributed by atoms with Crippen LogP contribution in [-0.2, 0) is 0 Å². The van der Waals surface area contributed by atoms with E-state index in [1.807, 2.05) is 31.2 Å². The molecule has 2 heterocycles. The number of rotatable bonds is 2. The molecule has 17 heavy (non-hydrogen) atoms. The average Bonchev–Trinajstić information content (AvgIpc) is 2.26. The monoisotopic (exact) mass is 228 g/mol. The SMILES string of the molecule is Cc1cc(OC2(C)CNC2)c2ccccc2n1. The van der Waals surface area contributed by atoms with Gasteiger partial charge in [-0.2, -0.15) is 0 Å². The van der Waals surface area contributed by atoms with Crippen molar-refractivity contribution in [2.45, 2.75) is 19.4 Å². The summed E-state index contributed by atoms with van der Waals surface area (Å²) < 4.78 is 6.13. The Balaban J connectivity index is 2.08. The highest BCUT2D eigenvalue weighted by Crippen LogP contribution is 2.29. The zero-order chi connectivity index (χ0) is 11.9. The van der Waals surface area contributed by atoms with Gasteiger partial charge in [0.25, 0.3) is 0 Å². The molecule has 1 aromatic heterocycles. The van der Waals surface area contributed by atoms with E-state index in [0.717, 1.165) is 35.4 Å². The first-order chi connectivity index (χ1) is 8.16. The van der Waals surface area contributed by atoms with Gasteiger partial charge >= 0.3 is 0 Å². The van der Waals surface area contributed by atoms with Gasteiger partial charge in [0.15, 0.2) is 0 Å². The highest BCUT2D eigenvalue weighted by Gasteiger charge is 2.34. The van der Waals surface area contributed by atoms with Gasteiger partial charge in [-0.15, -0.1) is 0 Å². The summed E-state index contributed by atoms with van der Waals surface area (Å²) in [5.74, 6) is 0.942. The highest BCUT2D eigenvalue weighted by atomic mass is 16.5. The molecule has 3 heteroatoms. The van der Waals surface area contributed by atoms with Gasteiger partial charge in [0, 0.05) is 30.2 Å². The molecule has 0 radical (unpaired) electrons. The van der Waals surface area contributed by atoms with Gasteiger partial charge in [0.05, 0.1) is 5.52 Å². The van der Waals surface area contributed by atoms with Gasteiger partial charge in [-0.05, 0) is 26.0 Å². The van der Waals surface area contributed by atoms with Crippen molar-refractivity contribution >= 4 is 10.9 Å². The summed E-state index contributed by atoms with van der Waals surface area (Å²) in [5, 5.41) is 4.33. The molecule has 3 rings (SSSR count). The van der Waals surface area contributed by atoms with Gasteiger partial charge in [0.2, 0.25) is 0 Å². The van der Waals surface area contributed by atoms with Crippen molar-refractivity contribution in [2.24, 2.45) is 0 Å². The number of ether oxygens (including phenoxy) is 1. The van der Waals surface area contributed by atoms with Crippen LogP contribution in [-0.4, -0.2) is 23.7 Å². The summed E-state index contributed by atoms with van der Waals surface area (Å²) in [4.78, 5) is 4.51. The number of aromatic nitrogens is 1. The van der Waals surface area contributed by atoms with E-state index in [0.29, 0.717) is 0 Å². The van der Waals surface area contributed by atoms with E-state index >= 15 is 0 Å². The van der Waals surface area contributed by atoms with Crippen molar-refractivity contribution in [3.63, 3.8) is 0 Å². The maximum Gasteiger partial charge on any atom is 0.131 e. The first-order valence-corrected chi connectivity index (χ1v) is 5.92. The minimum absolute atomic E-state index is 0.0729. The number of hydrogen-bond donors (Lipinski definition) is 1. The standard InChI is InChI=1S/C14H16N2O/c1-10-7-13(17-14(2)8-15-9-14)11-5-3-4-6-12(11)16-10/h3-7,15H,8-9H2,1-2H3. The van der Waals surface area contributed by atoms with E-state index in [4.69, 9.17) is 4.74 Å². The molecule has 3 nitrogen and oxygen atoms in total. The van der Waals surface area contributed by atoms with E-state index in [2.05, 4.69) is 23.3 Å². The lowest BCUT2D eigenvalue weighted by Gasteiger charge is -2.39. The van der Waals surface area contributed by atoms with Crippen LogP contribution in [0.2, 0.25) is 0 Å². The van der Waals surface area contributed by atoms with Crippen LogP contribution in [0.15, 0.2) is 30.3 Å². The zero-order valence-corrected chi connectivity index (χ0v) is 10.2. The summed E-state index contributed by atoms with van der Waals surface area (Å²) in [7, 11) is 0. The molecular weight excluding hydrogens is 212 g/mol. The van der Waals surface area contributed by atoms with E-state index < -0.39 is 0 Å². The molecule has 1 aliphatic rings. The number of pyridine rings is 1. The van der Waals surface area contributed by atoms with Gasteiger partial charge in [0.1, 0.15) is 11.4 Å². The van der Waals surface area contributed by atoms with Crippen LogP contribution < -0.4 is 10.1 Å². The van der Waals surface area contributed by atoms with Crippen LogP contribution in [0.3, 0.4) is 0 Å². The fourth-order valence-corrected chi connectivity index (χ4v) is 2.17. The van der Waals surface area contributed by atoms with E-state index in [1.54, 1.807) is 0 Å². The Morgan fingerprint density at radius 2 is 2.06 bits per heavy atom. The topological polar surface area (TPSA) is 34.1 Å². The molecule has 1 aliphatic heterocycles. The molecule has 0 unspecified atom stereocenters. The third kappa shape index (κ3) is 1.87. The molecule has 0 atom stereocenters. The number of para-hydroxylation sites is 1. The molecule has 0 saturated carbocycles. The second-order valence-electron chi connectivity index (χ2n) is 4.93. The summed E-state index contributed by atoms with van der Waals surface area (Å²) in [6.07, 6.45) is 0. The smallest absolute Gasteiger partial charge is 0.131 e. The number of benzene rings is 1. The number of hydrogen-bond acceptors (Lipinski definition) is 3. The van der Waals surface area contributed by atoms with Crippen LogP contribution >= 0.6 is 0 Å². The summed E-state index contributed by atoms with van der Waals surface area (Å²) in [6.45, 7) is 5.94. The second kappa shape index (κ2) is 3.70. The summed E-state index contributed by atoms with van der Waals surface area (Å²) in [5.41, 5.74) is 1.92. The molecule has 0 bridgehead atoms. The summed E-state index contributed by atoms with van der Waals surface area (Å²) >= 11 is 0. The third-order valence-corrected chi connectivity index (χ3v) is 3.16. The maximum absolute atomic E-state index is 6.13. The van der Waals surface area contributed by atoms with E-state index in [1.165, 1.54) is 0 Å². The number of fused-ring (bicyclic) bond motifs is 1. The predicted octanol–water partition coefficient (Wildman–Crippen LogP) is 2.28. The first kappa shape index (κ1) is 10.5. The van der Waals surface area contributed by atoms with Crippen molar-refractivity contribution < 1.29 is 4.74 Å². The fourth-order valence-electron chi connectivity index (χ4n) is 2.17. The lowest BCUT2D eigenvalue weighted by atomic mass is 10.00. The van der Waals surface area contributed by atoms with Crippen LogP contribution in [0.25, 0.3) is 10.9 Å². The lowest BCUT2D eigenvalue weighted by Crippen LogP contribution is -2.61. The highest BCUT2D eigenvalue weighted by molar-refractivity contribution is 5.85. The second-order valence-corrected chi connectivity index (χ2v) is 4.93. The molecule has 1 saturated heterocycles. The number of nitrogens with zero attached hydrogens (tertiary/aromatic N) is 1. The molecule has 0 spiro atoms. The molecule has 2 aromatic rings. The number of nitrogens with one attached hydrogen (secondary N) is 1. The van der Waals surface area contributed by atoms with E-state index in [9.17, 15) is 0 Å². The van der Waals surface area contributed by atoms with E-state index in [-0.39, 0.29) is 5.60 Å². The van der Waals surface area contributed by atoms with Gasteiger partial charge in [-0.1, -0.05) is 12.1 Å². The normalized spacial score (nSPS) is 17.8. The predicted molar refractivity (Wildman–Crippen MR) is 68.4 cm³/mol. The molecule has 88 valence electrons. The maximum atomic E-state index is 6.13. The van der Waals surface area contributed by atoms with Gasteiger partial charge in [-0.25, -0.2) is 0 Å². The average molecular weight is 228 g/mol. The number of aryl methyl sites for hydroxylation is 1. The quantitative estimate of drug-likeness (QED) is 0.856. The van der Waals surface area contributed by atoms with Crippen molar-refractivity contribution in [2.75, 3.05) is 13.1 Å². The molecule has 1 N–H and O–H groups in total. The molecule has 1 fully saturated rings. The molecular formula is C14H16N2O. The Morgan fingerprint density at radius 3 is 2.76 bits per heavy atom. The molecule has 1 aromatic carbocycles. The fraction of sp³-hybridized carbons (Fsp3) is 0.357. The van der Waals surface area contributed by atoms with Crippen LogP contribution in [0.4, 0.5) is 0 Å². The Hall–Kier alpha value is -1.61. The van der Waals surface area contributed by atoms with Crippen LogP contribution in [0, 0.1) is 6.92 Å². The molecule has 0 aliphatic carbocycles. The van der Waals surface area contributed by atoms with Crippen molar-refractivity contribution in [1.82, 2.24) is 10.3 Å². The van der Waals surface area contributed by atoms with Crippen molar-refractivity contribution in [3.8, 4) is 5.75 Å². The largest absolute Gasteiger partial charge is 0.484 e. The Kier molecular flexibility index (Phi) is 2.30. The van der Waals surface area contributed by atoms with Gasteiger partial charge in [-0.3, -0.25) is 4.98 Å². The third-order valence-electron chi connectivity index (χ3n) is 3.16.